The van der Waals surface area contributed by atoms with Crippen LogP contribution in [0.15, 0.2) is 36.4 Å². The Morgan fingerprint density at radius 3 is 2.46 bits per heavy atom. The molecule has 0 bridgehead atoms. The number of aryl methyl sites for hydroxylation is 1. The van der Waals surface area contributed by atoms with Gasteiger partial charge in [-0.25, -0.2) is 0 Å². The van der Waals surface area contributed by atoms with Crippen molar-refractivity contribution in [3.8, 4) is 0 Å². The third-order valence-corrected chi connectivity index (χ3v) is 5.17. The Balaban J connectivity index is 2.22. The topological polar surface area (TPSA) is 85.2 Å². The van der Waals surface area contributed by atoms with Crippen LogP contribution in [0.1, 0.15) is 45.2 Å². The zero-order chi connectivity index (χ0) is 20.3. The number of nitrogens with two attached hydrogens (primary N) is 1. The van der Waals surface area contributed by atoms with Crippen LogP contribution in [0, 0.1) is 13.8 Å². The number of rotatable bonds is 7. The predicted octanol–water partition coefficient (Wildman–Crippen LogP) is 3.62. The van der Waals surface area contributed by atoms with E-state index in [0.29, 0.717) is 30.0 Å². The quantitative estimate of drug-likeness (QED) is 0.486. The molecular formula is C23H26N2O3. The van der Waals surface area contributed by atoms with Crippen molar-refractivity contribution in [1.82, 2.24) is 4.98 Å². The van der Waals surface area contributed by atoms with Gasteiger partial charge in [-0.1, -0.05) is 30.3 Å². The second kappa shape index (κ2) is 8.40. The first-order valence-electron chi connectivity index (χ1n) is 9.57. The zero-order valence-electron chi connectivity index (χ0n) is 16.6. The molecule has 3 N–H and O–H groups in total. The number of ether oxygens (including phenoxy) is 1. The second-order valence-electron chi connectivity index (χ2n) is 6.90. The van der Waals surface area contributed by atoms with Crippen molar-refractivity contribution >= 4 is 22.7 Å². The minimum Gasteiger partial charge on any atom is -0.466 e. The summed E-state index contributed by atoms with van der Waals surface area (Å²) in [5, 5.41) is 0.922. The molecule has 0 fully saturated rings. The van der Waals surface area contributed by atoms with Gasteiger partial charge < -0.3 is 15.5 Å². The molecule has 1 heterocycles. The maximum absolute atomic E-state index is 13.2. The van der Waals surface area contributed by atoms with Gasteiger partial charge in [-0.15, -0.1) is 0 Å². The van der Waals surface area contributed by atoms with E-state index in [1.54, 1.807) is 19.1 Å². The van der Waals surface area contributed by atoms with Crippen LogP contribution in [-0.2, 0) is 22.4 Å². The highest BCUT2D eigenvalue weighted by Gasteiger charge is 2.24. The van der Waals surface area contributed by atoms with Gasteiger partial charge in [-0.2, -0.15) is 0 Å². The van der Waals surface area contributed by atoms with Crippen molar-refractivity contribution in [2.24, 2.45) is 5.73 Å². The molecular weight excluding hydrogens is 352 g/mol. The average molecular weight is 378 g/mol. The van der Waals surface area contributed by atoms with Crippen LogP contribution in [-0.4, -0.2) is 29.9 Å². The third-order valence-electron chi connectivity index (χ3n) is 5.17. The van der Waals surface area contributed by atoms with Crippen LogP contribution in [0.4, 0.5) is 0 Å². The molecule has 0 aliphatic rings. The lowest BCUT2D eigenvalue weighted by atomic mass is 9.93. The zero-order valence-corrected chi connectivity index (χ0v) is 16.6. The van der Waals surface area contributed by atoms with Gasteiger partial charge in [0, 0.05) is 22.0 Å². The Hall–Kier alpha value is -2.92. The number of ketones is 1. The van der Waals surface area contributed by atoms with Crippen molar-refractivity contribution in [1.29, 1.82) is 0 Å². The summed E-state index contributed by atoms with van der Waals surface area (Å²) in [5.41, 5.74) is 11.7. The third kappa shape index (κ3) is 3.71. The summed E-state index contributed by atoms with van der Waals surface area (Å²) in [7, 11) is 0. The number of fused-ring (bicyclic) bond motifs is 1. The molecule has 2 aromatic carbocycles. The largest absolute Gasteiger partial charge is 0.466 e. The van der Waals surface area contributed by atoms with Crippen molar-refractivity contribution < 1.29 is 14.3 Å². The number of esters is 1. The first kappa shape index (κ1) is 19.8. The van der Waals surface area contributed by atoms with Gasteiger partial charge in [0.15, 0.2) is 0 Å². The number of aromatic amines is 1. The fourth-order valence-electron chi connectivity index (χ4n) is 3.68. The molecule has 0 radical (unpaired) electrons. The van der Waals surface area contributed by atoms with E-state index < -0.39 is 0 Å². The van der Waals surface area contributed by atoms with Gasteiger partial charge in [-0.3, -0.25) is 9.59 Å². The lowest BCUT2D eigenvalue weighted by Crippen LogP contribution is -2.12. The summed E-state index contributed by atoms with van der Waals surface area (Å²) >= 11 is 0. The number of nitrogens with one attached hydrogen (secondary N) is 1. The van der Waals surface area contributed by atoms with Crippen LogP contribution >= 0.6 is 0 Å². The summed E-state index contributed by atoms with van der Waals surface area (Å²) < 4.78 is 5.16. The Morgan fingerprint density at radius 2 is 1.82 bits per heavy atom. The van der Waals surface area contributed by atoms with Gasteiger partial charge in [-0.05, 0) is 56.5 Å². The lowest BCUT2D eigenvalue weighted by Gasteiger charge is -2.11. The smallest absolute Gasteiger partial charge is 0.310 e. The van der Waals surface area contributed by atoms with E-state index in [1.807, 2.05) is 31.2 Å². The SMILES string of the molecule is CCOC(=O)Cc1c(C(=O)c2ccccc2)[nH]c2cc(CCN)c(C)c(C)c12. The van der Waals surface area contributed by atoms with Crippen molar-refractivity contribution in [3.05, 3.63) is 69.9 Å². The molecule has 0 aliphatic carbocycles. The predicted molar refractivity (Wildman–Crippen MR) is 111 cm³/mol. The molecule has 5 nitrogen and oxygen atoms in total. The highest BCUT2D eigenvalue weighted by molar-refractivity contribution is 6.13. The van der Waals surface area contributed by atoms with E-state index >= 15 is 0 Å². The number of hydrogen-bond donors (Lipinski definition) is 2. The van der Waals surface area contributed by atoms with Crippen molar-refractivity contribution in [2.75, 3.05) is 13.2 Å². The van der Waals surface area contributed by atoms with Gasteiger partial charge in [0.2, 0.25) is 5.78 Å². The molecule has 1 aromatic heterocycles. The van der Waals surface area contributed by atoms with E-state index in [2.05, 4.69) is 11.9 Å². The number of hydrogen-bond acceptors (Lipinski definition) is 4. The maximum atomic E-state index is 13.2. The molecule has 28 heavy (non-hydrogen) atoms. The Labute approximate surface area is 164 Å². The van der Waals surface area contributed by atoms with Crippen molar-refractivity contribution in [3.63, 3.8) is 0 Å². The van der Waals surface area contributed by atoms with Crippen LogP contribution in [0.3, 0.4) is 0 Å². The first-order chi connectivity index (χ1) is 13.5. The summed E-state index contributed by atoms with van der Waals surface area (Å²) in [6, 6.07) is 11.1. The number of carbonyl (C=O) groups is 2. The van der Waals surface area contributed by atoms with Gasteiger partial charge >= 0.3 is 5.97 Å². The molecule has 0 saturated carbocycles. The minimum atomic E-state index is -0.339. The Morgan fingerprint density at radius 1 is 1.11 bits per heavy atom. The summed E-state index contributed by atoms with van der Waals surface area (Å²) in [6.45, 7) is 6.72. The summed E-state index contributed by atoms with van der Waals surface area (Å²) in [5.74, 6) is -0.470. The van der Waals surface area contributed by atoms with E-state index in [1.165, 1.54) is 0 Å². The normalized spacial score (nSPS) is 11.0. The Bertz CT molecular complexity index is 1020. The molecule has 3 aromatic rings. The number of aromatic nitrogens is 1. The molecule has 0 aliphatic heterocycles. The second-order valence-corrected chi connectivity index (χ2v) is 6.90. The molecule has 146 valence electrons. The highest BCUT2D eigenvalue weighted by atomic mass is 16.5. The number of benzene rings is 2. The van der Waals surface area contributed by atoms with Crippen molar-refractivity contribution in [2.45, 2.75) is 33.6 Å². The molecule has 0 saturated heterocycles. The van der Waals surface area contributed by atoms with Gasteiger partial charge in [0.1, 0.15) is 0 Å². The summed E-state index contributed by atoms with van der Waals surface area (Å²) in [4.78, 5) is 28.7. The standard InChI is InChI=1S/C23H26N2O3/c1-4-28-20(26)13-18-21-15(3)14(2)17(10-11-24)12-19(21)25-22(18)23(27)16-8-6-5-7-9-16/h5-9,12,25H,4,10-11,13,24H2,1-3H3. The Kier molecular flexibility index (Phi) is 5.95. The first-order valence-corrected chi connectivity index (χ1v) is 9.57. The molecule has 0 spiro atoms. The molecule has 5 heteroatoms. The molecule has 3 rings (SSSR count). The number of H-pyrrole nitrogens is 1. The highest BCUT2D eigenvalue weighted by Crippen LogP contribution is 2.32. The lowest BCUT2D eigenvalue weighted by molar-refractivity contribution is -0.142. The fourth-order valence-corrected chi connectivity index (χ4v) is 3.68. The van der Waals surface area contributed by atoms with Crippen LogP contribution < -0.4 is 5.73 Å². The van der Waals surface area contributed by atoms with E-state index in [9.17, 15) is 9.59 Å². The fraction of sp³-hybridized carbons (Fsp3) is 0.304. The summed E-state index contributed by atoms with van der Waals surface area (Å²) in [6.07, 6.45) is 0.815. The monoisotopic (exact) mass is 378 g/mol. The maximum Gasteiger partial charge on any atom is 0.310 e. The average Bonchev–Trinajstić information content (AvgIpc) is 3.04. The van der Waals surface area contributed by atoms with Crippen LogP contribution in [0.5, 0.6) is 0 Å². The molecule has 0 unspecified atom stereocenters. The van der Waals surface area contributed by atoms with E-state index in [4.69, 9.17) is 10.5 Å². The number of carbonyl (C=O) groups excluding carboxylic acids is 2. The molecule has 0 amide bonds. The minimum absolute atomic E-state index is 0.0538. The van der Waals surface area contributed by atoms with E-state index in [-0.39, 0.29) is 18.2 Å². The van der Waals surface area contributed by atoms with Crippen LogP contribution in [0.2, 0.25) is 0 Å². The van der Waals surface area contributed by atoms with Gasteiger partial charge in [0.05, 0.1) is 18.7 Å². The molecule has 0 atom stereocenters. The van der Waals surface area contributed by atoms with Crippen LogP contribution in [0.25, 0.3) is 10.9 Å². The van der Waals surface area contributed by atoms with Gasteiger partial charge in [0.25, 0.3) is 0 Å². The van der Waals surface area contributed by atoms with E-state index in [0.717, 1.165) is 34.0 Å².